The third-order valence-electron chi connectivity index (χ3n) is 4.57. The van der Waals surface area contributed by atoms with Crippen LogP contribution in [0.25, 0.3) is 0 Å². The van der Waals surface area contributed by atoms with Gasteiger partial charge in [-0.3, -0.25) is 4.90 Å². The van der Waals surface area contributed by atoms with Crippen molar-refractivity contribution in [3.63, 3.8) is 0 Å². The van der Waals surface area contributed by atoms with Gasteiger partial charge in [-0.2, -0.15) is 13.2 Å². The molecule has 0 aliphatic rings. The zero-order valence-electron chi connectivity index (χ0n) is 20.2. The number of carbonyl (C=O) groups excluding carboxylic acids is 2. The van der Waals surface area contributed by atoms with E-state index in [1.165, 1.54) is 0 Å². The Hall–Kier alpha value is -3.02. The molecule has 0 bridgehead atoms. The number of aliphatic carboxylic acids is 1. The minimum Gasteiger partial charge on any atom is -0.479 e. The molecule has 12 heteroatoms. The number of amides is 2. The van der Waals surface area contributed by atoms with Crippen molar-refractivity contribution in [3.05, 3.63) is 35.9 Å². The first kappa shape index (κ1) is 30.0. The number of nitrogens with zero attached hydrogens (tertiary/aromatic N) is 1. The third-order valence-corrected chi connectivity index (χ3v) is 4.57. The largest absolute Gasteiger partial charge is 0.479 e. The van der Waals surface area contributed by atoms with E-state index in [-0.39, 0.29) is 19.5 Å². The van der Waals surface area contributed by atoms with Gasteiger partial charge in [0, 0.05) is 19.6 Å². The van der Waals surface area contributed by atoms with Gasteiger partial charge in [0.2, 0.25) is 0 Å². The number of hydrogen-bond donors (Lipinski definition) is 3. The van der Waals surface area contributed by atoms with Crippen LogP contribution in [0, 0.1) is 0 Å². The van der Waals surface area contributed by atoms with E-state index < -0.39 is 42.6 Å². The molecule has 3 N–H and O–H groups in total. The fourth-order valence-electron chi connectivity index (χ4n) is 3.02. The topological polar surface area (TPSA) is 117 Å². The van der Waals surface area contributed by atoms with Gasteiger partial charge in [0.05, 0.1) is 0 Å². The van der Waals surface area contributed by atoms with E-state index >= 15 is 0 Å². The minimum atomic E-state index is -4.64. The van der Waals surface area contributed by atoms with Crippen LogP contribution < -0.4 is 10.6 Å². The van der Waals surface area contributed by atoms with Gasteiger partial charge in [-0.05, 0) is 52.1 Å². The predicted octanol–water partition coefficient (Wildman–Crippen LogP) is 3.93. The molecule has 9 nitrogen and oxygen atoms in total. The Balaban J connectivity index is 2.65. The first-order valence-corrected chi connectivity index (χ1v) is 11.2. The van der Waals surface area contributed by atoms with Crippen molar-refractivity contribution in [1.82, 2.24) is 15.5 Å². The van der Waals surface area contributed by atoms with Gasteiger partial charge >= 0.3 is 24.3 Å². The molecule has 0 radical (unpaired) electrons. The van der Waals surface area contributed by atoms with E-state index in [4.69, 9.17) is 9.84 Å². The standard InChI is InChI=1S/C23H34F3N3O6/c1-22(2,3)35-21(33)28-18(23(24,25)26)11-14-29(15-17-9-5-4-6-10-17)13-8-7-12-27-20(32)34-16-19(30)31/h4-6,9-10,18H,7-8,11-16H2,1-3H3,(H,27,32)(H,28,33)(H,30,31). The fraction of sp³-hybridized carbons (Fsp3) is 0.609. The van der Waals surface area contributed by atoms with Gasteiger partial charge in [0.1, 0.15) is 11.6 Å². The summed E-state index contributed by atoms with van der Waals surface area (Å²) in [6, 6.07) is 7.18. The van der Waals surface area contributed by atoms with Crippen molar-refractivity contribution in [2.24, 2.45) is 0 Å². The quantitative estimate of drug-likeness (QED) is 0.348. The summed E-state index contributed by atoms with van der Waals surface area (Å²) in [5, 5.41) is 12.8. The van der Waals surface area contributed by atoms with Crippen LogP contribution >= 0.6 is 0 Å². The molecular weight excluding hydrogens is 471 g/mol. The lowest BCUT2D eigenvalue weighted by Crippen LogP contribution is -2.48. The highest BCUT2D eigenvalue weighted by molar-refractivity contribution is 5.74. The lowest BCUT2D eigenvalue weighted by atomic mass is 10.1. The van der Waals surface area contributed by atoms with Gasteiger partial charge in [-0.25, -0.2) is 14.4 Å². The van der Waals surface area contributed by atoms with Crippen LogP contribution in [0.5, 0.6) is 0 Å². The Labute approximate surface area is 202 Å². The number of unbranched alkanes of at least 4 members (excludes halogenated alkanes) is 1. The minimum absolute atomic E-state index is 0.0585. The first-order chi connectivity index (χ1) is 16.3. The number of nitrogens with one attached hydrogen (secondary N) is 2. The molecule has 2 amide bonds. The molecule has 1 aromatic rings. The maximum atomic E-state index is 13.6. The molecule has 0 fully saturated rings. The van der Waals surface area contributed by atoms with Crippen LogP contribution in [0.4, 0.5) is 22.8 Å². The van der Waals surface area contributed by atoms with Gasteiger partial charge in [-0.15, -0.1) is 0 Å². The Morgan fingerprint density at radius 3 is 2.26 bits per heavy atom. The maximum Gasteiger partial charge on any atom is 0.408 e. The van der Waals surface area contributed by atoms with Crippen LogP contribution in [0.3, 0.4) is 0 Å². The summed E-state index contributed by atoms with van der Waals surface area (Å²) < 4.78 is 50.1. The summed E-state index contributed by atoms with van der Waals surface area (Å²) in [5.41, 5.74) is -0.000240. The summed E-state index contributed by atoms with van der Waals surface area (Å²) in [4.78, 5) is 35.5. The van der Waals surface area contributed by atoms with Crippen molar-refractivity contribution in [2.75, 3.05) is 26.2 Å². The van der Waals surface area contributed by atoms with E-state index in [0.717, 1.165) is 5.56 Å². The number of hydrogen-bond acceptors (Lipinski definition) is 6. The number of carboxylic acid groups (broad SMARTS) is 1. The van der Waals surface area contributed by atoms with Crippen LogP contribution in [-0.2, 0) is 20.8 Å². The first-order valence-electron chi connectivity index (χ1n) is 11.2. The number of rotatable bonds is 13. The Kier molecular flexibility index (Phi) is 12.3. The lowest BCUT2D eigenvalue weighted by Gasteiger charge is -2.28. The van der Waals surface area contributed by atoms with Gasteiger partial charge < -0.3 is 25.2 Å². The molecule has 0 spiro atoms. The van der Waals surface area contributed by atoms with Crippen molar-refractivity contribution in [3.8, 4) is 0 Å². The monoisotopic (exact) mass is 505 g/mol. The van der Waals surface area contributed by atoms with Crippen molar-refractivity contribution < 1.29 is 42.1 Å². The molecule has 1 atom stereocenters. The van der Waals surface area contributed by atoms with Crippen LogP contribution in [0.15, 0.2) is 30.3 Å². The van der Waals surface area contributed by atoms with E-state index in [9.17, 15) is 27.6 Å². The Morgan fingerprint density at radius 2 is 1.69 bits per heavy atom. The van der Waals surface area contributed by atoms with E-state index in [1.807, 2.05) is 40.5 Å². The fourth-order valence-corrected chi connectivity index (χ4v) is 3.02. The highest BCUT2D eigenvalue weighted by Gasteiger charge is 2.41. The maximum absolute atomic E-state index is 13.6. The average Bonchev–Trinajstić information content (AvgIpc) is 2.73. The molecule has 1 aromatic carbocycles. The van der Waals surface area contributed by atoms with E-state index in [0.29, 0.717) is 25.9 Å². The molecule has 0 aliphatic heterocycles. The number of alkyl carbamates (subject to hydrolysis) is 2. The lowest BCUT2D eigenvalue weighted by molar-refractivity contribution is -0.157. The van der Waals surface area contributed by atoms with Crippen LogP contribution in [-0.4, -0.2) is 72.2 Å². The second-order valence-electron chi connectivity index (χ2n) is 8.89. The van der Waals surface area contributed by atoms with Gasteiger partial charge in [0.15, 0.2) is 6.61 Å². The second-order valence-corrected chi connectivity index (χ2v) is 8.89. The Morgan fingerprint density at radius 1 is 1.03 bits per heavy atom. The number of halogens is 3. The van der Waals surface area contributed by atoms with Crippen molar-refractivity contribution in [1.29, 1.82) is 0 Å². The smallest absolute Gasteiger partial charge is 0.408 e. The van der Waals surface area contributed by atoms with Gasteiger partial charge in [-0.1, -0.05) is 30.3 Å². The number of carbonyl (C=O) groups is 3. The highest BCUT2D eigenvalue weighted by Crippen LogP contribution is 2.24. The van der Waals surface area contributed by atoms with Crippen LogP contribution in [0.1, 0.15) is 45.6 Å². The second kappa shape index (κ2) is 14.4. The average molecular weight is 506 g/mol. The number of carboxylic acids is 1. The van der Waals surface area contributed by atoms with Crippen molar-refractivity contribution in [2.45, 2.75) is 64.4 Å². The normalized spacial score (nSPS) is 12.7. The molecule has 198 valence electrons. The van der Waals surface area contributed by atoms with Crippen molar-refractivity contribution >= 4 is 18.2 Å². The third kappa shape index (κ3) is 14.8. The molecule has 0 saturated carbocycles. The highest BCUT2D eigenvalue weighted by atomic mass is 19.4. The molecule has 0 heterocycles. The molecule has 35 heavy (non-hydrogen) atoms. The molecule has 1 unspecified atom stereocenters. The summed E-state index contributed by atoms with van der Waals surface area (Å²) >= 11 is 0. The zero-order chi connectivity index (χ0) is 26.5. The van der Waals surface area contributed by atoms with Gasteiger partial charge in [0.25, 0.3) is 0 Å². The Bertz CT molecular complexity index is 800. The molecule has 0 aliphatic carbocycles. The number of alkyl halides is 3. The molecule has 0 aromatic heterocycles. The molecular formula is C23H34F3N3O6. The van der Waals surface area contributed by atoms with E-state index in [2.05, 4.69) is 10.1 Å². The molecule has 0 saturated heterocycles. The zero-order valence-corrected chi connectivity index (χ0v) is 20.2. The summed E-state index contributed by atoms with van der Waals surface area (Å²) in [6.45, 7) is 5.09. The van der Waals surface area contributed by atoms with E-state index in [1.54, 1.807) is 20.8 Å². The summed E-state index contributed by atoms with van der Waals surface area (Å²) in [6.07, 6.45) is -5.93. The van der Waals surface area contributed by atoms with Crippen LogP contribution in [0.2, 0.25) is 0 Å². The predicted molar refractivity (Wildman–Crippen MR) is 122 cm³/mol. The number of benzene rings is 1. The number of ether oxygens (including phenoxy) is 2. The summed E-state index contributed by atoms with van der Waals surface area (Å²) in [7, 11) is 0. The SMILES string of the molecule is CC(C)(C)OC(=O)NC(CCN(CCCCNC(=O)OCC(=O)O)Cc1ccccc1)C(F)(F)F. The summed E-state index contributed by atoms with van der Waals surface area (Å²) in [5.74, 6) is -1.27. The molecule has 1 rings (SSSR count).